The molecule has 0 atom stereocenters. The molecular weight excluding hydrogens is 316 g/mol. The maximum Gasteiger partial charge on any atom is 0.197 e. The van der Waals surface area contributed by atoms with Crippen molar-refractivity contribution in [3.05, 3.63) is 83.9 Å². The Morgan fingerprint density at radius 2 is 1.48 bits per heavy atom. The Hall–Kier alpha value is -3.53. The van der Waals surface area contributed by atoms with E-state index in [1.165, 1.54) is 24.3 Å². The van der Waals surface area contributed by atoms with Crippen molar-refractivity contribution >= 4 is 16.8 Å². The predicted molar refractivity (Wildman–Crippen MR) is 94.9 cm³/mol. The molecule has 25 heavy (non-hydrogen) atoms. The molecule has 0 saturated heterocycles. The lowest BCUT2D eigenvalue weighted by Crippen LogP contribution is -2.01. The van der Waals surface area contributed by atoms with E-state index in [2.05, 4.69) is 0 Å². The van der Waals surface area contributed by atoms with Gasteiger partial charge in [-0.1, -0.05) is 30.3 Å². The zero-order valence-electron chi connectivity index (χ0n) is 13.1. The molecule has 0 unspecified atom stereocenters. The van der Waals surface area contributed by atoms with Gasteiger partial charge in [-0.25, -0.2) is 0 Å². The minimum Gasteiger partial charge on any atom is -0.508 e. The fourth-order valence-corrected chi connectivity index (χ4v) is 2.86. The minimum atomic E-state index is -0.159. The normalized spacial score (nSPS) is 10.9. The fourth-order valence-electron chi connectivity index (χ4n) is 2.86. The summed E-state index contributed by atoms with van der Waals surface area (Å²) in [6.45, 7) is 0. The highest BCUT2D eigenvalue weighted by Gasteiger charge is 2.23. The summed E-state index contributed by atoms with van der Waals surface area (Å²) in [5, 5.41) is 19.9. The molecule has 2 N–H and O–H groups in total. The second-order valence-electron chi connectivity index (χ2n) is 5.73. The molecule has 0 bridgehead atoms. The highest BCUT2D eigenvalue weighted by atomic mass is 16.3. The van der Waals surface area contributed by atoms with E-state index in [1.54, 1.807) is 30.3 Å². The zero-order valence-corrected chi connectivity index (χ0v) is 13.1. The van der Waals surface area contributed by atoms with E-state index in [4.69, 9.17) is 4.42 Å². The monoisotopic (exact) mass is 330 g/mol. The number of furan rings is 1. The van der Waals surface area contributed by atoms with Gasteiger partial charge in [-0.3, -0.25) is 4.79 Å². The van der Waals surface area contributed by atoms with Crippen molar-refractivity contribution in [1.29, 1.82) is 0 Å². The van der Waals surface area contributed by atoms with Crippen molar-refractivity contribution in [2.75, 3.05) is 0 Å². The summed E-state index contributed by atoms with van der Waals surface area (Å²) in [6, 6.07) is 20.1. The maximum absolute atomic E-state index is 13.1. The molecule has 0 aliphatic heterocycles. The molecule has 0 fully saturated rings. The van der Waals surface area contributed by atoms with Crippen LogP contribution >= 0.6 is 0 Å². The van der Waals surface area contributed by atoms with Crippen LogP contribution in [0.3, 0.4) is 0 Å². The SMILES string of the molecule is O=C(c1ccccc1)c1c(-c2ccc(O)cc2)oc2cc(O)ccc12. The van der Waals surface area contributed by atoms with E-state index in [9.17, 15) is 15.0 Å². The summed E-state index contributed by atoms with van der Waals surface area (Å²) >= 11 is 0. The fraction of sp³-hybridized carbons (Fsp3) is 0. The molecule has 4 heteroatoms. The van der Waals surface area contributed by atoms with E-state index < -0.39 is 0 Å². The van der Waals surface area contributed by atoms with E-state index in [0.717, 1.165) is 0 Å². The third kappa shape index (κ3) is 2.64. The van der Waals surface area contributed by atoms with E-state index >= 15 is 0 Å². The van der Waals surface area contributed by atoms with Crippen molar-refractivity contribution in [2.24, 2.45) is 0 Å². The van der Waals surface area contributed by atoms with Gasteiger partial charge in [-0.2, -0.15) is 0 Å². The summed E-state index contributed by atoms with van der Waals surface area (Å²) in [6.07, 6.45) is 0. The molecular formula is C21H14O4. The molecule has 0 spiro atoms. The number of phenols is 2. The van der Waals surface area contributed by atoms with Crippen LogP contribution in [-0.2, 0) is 0 Å². The number of fused-ring (bicyclic) bond motifs is 1. The Balaban J connectivity index is 1.98. The van der Waals surface area contributed by atoms with Gasteiger partial charge in [0.1, 0.15) is 22.8 Å². The van der Waals surface area contributed by atoms with Gasteiger partial charge in [0, 0.05) is 22.6 Å². The number of benzene rings is 3. The van der Waals surface area contributed by atoms with Crippen molar-refractivity contribution in [3.63, 3.8) is 0 Å². The first kappa shape index (κ1) is 15.0. The van der Waals surface area contributed by atoms with Crippen LogP contribution in [0, 0.1) is 0 Å². The lowest BCUT2D eigenvalue weighted by molar-refractivity contribution is 0.104. The Labute approximate surface area is 143 Å². The first-order valence-corrected chi connectivity index (χ1v) is 7.78. The molecule has 4 aromatic rings. The summed E-state index contributed by atoms with van der Waals surface area (Å²) in [5.41, 5.74) is 2.10. The van der Waals surface area contributed by atoms with Gasteiger partial charge in [0.2, 0.25) is 0 Å². The van der Waals surface area contributed by atoms with Crippen molar-refractivity contribution in [1.82, 2.24) is 0 Å². The van der Waals surface area contributed by atoms with Crippen LogP contribution in [0.1, 0.15) is 15.9 Å². The first-order valence-electron chi connectivity index (χ1n) is 7.78. The highest BCUT2D eigenvalue weighted by molar-refractivity contribution is 6.19. The van der Waals surface area contributed by atoms with Gasteiger partial charge in [0.15, 0.2) is 5.78 Å². The van der Waals surface area contributed by atoms with Gasteiger partial charge < -0.3 is 14.6 Å². The van der Waals surface area contributed by atoms with E-state index in [1.807, 2.05) is 18.2 Å². The second-order valence-corrected chi connectivity index (χ2v) is 5.73. The number of ketones is 1. The molecule has 0 radical (unpaired) electrons. The van der Waals surface area contributed by atoms with Crippen LogP contribution in [0.25, 0.3) is 22.3 Å². The number of phenolic OH excluding ortho intramolecular Hbond substituents is 2. The standard InChI is InChI=1S/C21H14O4/c22-15-8-6-14(7-9-15)21-19(20(24)13-4-2-1-3-5-13)17-11-10-16(23)12-18(17)25-21/h1-12,22-23H. The molecule has 1 aromatic heterocycles. The molecule has 1 heterocycles. The highest BCUT2D eigenvalue weighted by Crippen LogP contribution is 2.37. The number of carbonyl (C=O) groups excluding carboxylic acids is 1. The summed E-state index contributed by atoms with van der Waals surface area (Å²) in [5.74, 6) is 0.452. The zero-order chi connectivity index (χ0) is 17.4. The molecule has 4 rings (SSSR count). The lowest BCUT2D eigenvalue weighted by atomic mass is 9.97. The number of carbonyl (C=O) groups is 1. The largest absolute Gasteiger partial charge is 0.508 e. The van der Waals surface area contributed by atoms with Crippen LogP contribution in [0.15, 0.2) is 77.2 Å². The van der Waals surface area contributed by atoms with E-state index in [-0.39, 0.29) is 17.3 Å². The molecule has 122 valence electrons. The van der Waals surface area contributed by atoms with Crippen LogP contribution < -0.4 is 0 Å². The summed E-state index contributed by atoms with van der Waals surface area (Å²) in [4.78, 5) is 13.1. The van der Waals surface area contributed by atoms with Crippen molar-refractivity contribution < 1.29 is 19.4 Å². The summed E-state index contributed by atoms with van der Waals surface area (Å²) < 4.78 is 5.89. The van der Waals surface area contributed by atoms with Crippen LogP contribution in [0.4, 0.5) is 0 Å². The minimum absolute atomic E-state index is 0.0669. The molecule has 0 saturated carbocycles. The van der Waals surface area contributed by atoms with Crippen LogP contribution in [0.5, 0.6) is 11.5 Å². The third-order valence-corrected chi connectivity index (χ3v) is 4.07. The molecule has 4 nitrogen and oxygen atoms in total. The van der Waals surface area contributed by atoms with Gasteiger partial charge in [-0.05, 0) is 36.4 Å². The Bertz CT molecular complexity index is 1060. The smallest absolute Gasteiger partial charge is 0.197 e. The Morgan fingerprint density at radius 1 is 0.800 bits per heavy atom. The molecule has 0 aliphatic rings. The molecule has 0 aliphatic carbocycles. The number of aromatic hydroxyl groups is 2. The third-order valence-electron chi connectivity index (χ3n) is 4.07. The first-order chi connectivity index (χ1) is 12.1. The average Bonchev–Trinajstić information content (AvgIpc) is 3.00. The van der Waals surface area contributed by atoms with Crippen LogP contribution in [-0.4, -0.2) is 16.0 Å². The van der Waals surface area contributed by atoms with Gasteiger partial charge in [0.05, 0.1) is 5.56 Å². The second kappa shape index (κ2) is 5.83. The molecule has 3 aromatic carbocycles. The quantitative estimate of drug-likeness (QED) is 0.532. The summed E-state index contributed by atoms with van der Waals surface area (Å²) in [7, 11) is 0. The average molecular weight is 330 g/mol. The van der Waals surface area contributed by atoms with Crippen molar-refractivity contribution in [2.45, 2.75) is 0 Å². The Morgan fingerprint density at radius 3 is 2.20 bits per heavy atom. The molecule has 0 amide bonds. The van der Waals surface area contributed by atoms with Gasteiger partial charge in [-0.15, -0.1) is 0 Å². The van der Waals surface area contributed by atoms with Gasteiger partial charge in [0.25, 0.3) is 0 Å². The predicted octanol–water partition coefficient (Wildman–Crippen LogP) is 4.74. The number of rotatable bonds is 3. The topological polar surface area (TPSA) is 70.7 Å². The number of hydrogen-bond acceptors (Lipinski definition) is 4. The maximum atomic E-state index is 13.1. The number of hydrogen-bond donors (Lipinski definition) is 2. The van der Waals surface area contributed by atoms with E-state index in [0.29, 0.717) is 33.4 Å². The van der Waals surface area contributed by atoms with Gasteiger partial charge >= 0.3 is 0 Å². The van der Waals surface area contributed by atoms with Crippen molar-refractivity contribution in [3.8, 4) is 22.8 Å². The Kier molecular flexibility index (Phi) is 3.51. The lowest BCUT2D eigenvalue weighted by Gasteiger charge is -2.04. The van der Waals surface area contributed by atoms with Crippen LogP contribution in [0.2, 0.25) is 0 Å².